The van der Waals surface area contributed by atoms with E-state index in [4.69, 9.17) is 4.74 Å². The molecular formula is C22H26N4O3. The molecule has 2 fully saturated rings. The van der Waals surface area contributed by atoms with Crippen molar-refractivity contribution in [2.24, 2.45) is 5.92 Å². The second-order valence-corrected chi connectivity index (χ2v) is 7.67. The summed E-state index contributed by atoms with van der Waals surface area (Å²) in [7, 11) is 1.58. The van der Waals surface area contributed by atoms with Crippen LogP contribution in [0.2, 0.25) is 0 Å². The molecular weight excluding hydrogens is 368 g/mol. The van der Waals surface area contributed by atoms with Crippen LogP contribution in [0.1, 0.15) is 24.8 Å². The molecule has 2 aliphatic heterocycles. The molecule has 1 aromatic heterocycles. The van der Waals surface area contributed by atoms with Gasteiger partial charge in [-0.15, -0.1) is 0 Å². The van der Waals surface area contributed by atoms with Crippen molar-refractivity contribution in [3.63, 3.8) is 0 Å². The summed E-state index contributed by atoms with van der Waals surface area (Å²) in [6.07, 6.45) is 4.25. The first-order valence-corrected chi connectivity index (χ1v) is 10.0. The number of rotatable bonds is 5. The number of carbonyl (C=O) groups excluding carboxylic acids is 2. The number of pyridine rings is 1. The molecule has 1 atom stereocenters. The highest BCUT2D eigenvalue weighted by atomic mass is 16.5. The number of methoxy groups -OCH3 is 1. The molecule has 7 nitrogen and oxygen atoms in total. The molecule has 2 aliphatic rings. The minimum absolute atomic E-state index is 0.0726. The van der Waals surface area contributed by atoms with Gasteiger partial charge in [0.2, 0.25) is 11.8 Å². The van der Waals surface area contributed by atoms with Gasteiger partial charge < -0.3 is 19.9 Å². The number of amides is 2. The maximum atomic E-state index is 12.7. The molecule has 2 aromatic rings. The fourth-order valence-electron chi connectivity index (χ4n) is 3.96. The van der Waals surface area contributed by atoms with E-state index in [9.17, 15) is 9.59 Å². The summed E-state index contributed by atoms with van der Waals surface area (Å²) in [5.41, 5.74) is 2.40. The fourth-order valence-corrected chi connectivity index (χ4v) is 3.96. The quantitative estimate of drug-likeness (QED) is 0.844. The van der Waals surface area contributed by atoms with Crippen LogP contribution in [0.5, 0.6) is 5.75 Å². The zero-order chi connectivity index (χ0) is 20.4. The Kier molecular flexibility index (Phi) is 5.38. The van der Waals surface area contributed by atoms with E-state index in [2.05, 4.69) is 15.2 Å². The third-order valence-corrected chi connectivity index (χ3v) is 5.57. The maximum Gasteiger partial charge on any atom is 0.229 e. The van der Waals surface area contributed by atoms with Gasteiger partial charge >= 0.3 is 0 Å². The van der Waals surface area contributed by atoms with E-state index in [0.29, 0.717) is 23.7 Å². The Labute approximate surface area is 170 Å². The van der Waals surface area contributed by atoms with Crippen molar-refractivity contribution in [2.75, 3.05) is 41.9 Å². The van der Waals surface area contributed by atoms with Gasteiger partial charge in [0, 0.05) is 26.1 Å². The van der Waals surface area contributed by atoms with Gasteiger partial charge in [-0.1, -0.05) is 6.07 Å². The van der Waals surface area contributed by atoms with Gasteiger partial charge in [-0.05, 0) is 49.6 Å². The van der Waals surface area contributed by atoms with Crippen molar-refractivity contribution in [1.82, 2.24) is 4.98 Å². The van der Waals surface area contributed by atoms with E-state index in [-0.39, 0.29) is 18.2 Å². The molecule has 0 radical (unpaired) electrons. The van der Waals surface area contributed by atoms with E-state index in [0.717, 1.165) is 24.5 Å². The van der Waals surface area contributed by atoms with Gasteiger partial charge in [-0.3, -0.25) is 9.59 Å². The van der Waals surface area contributed by atoms with Gasteiger partial charge in [0.25, 0.3) is 0 Å². The number of hydrogen-bond acceptors (Lipinski definition) is 5. The monoisotopic (exact) mass is 394 g/mol. The number of aromatic nitrogens is 1. The van der Waals surface area contributed by atoms with Crippen LogP contribution in [0.4, 0.5) is 17.2 Å². The van der Waals surface area contributed by atoms with Gasteiger partial charge in [-0.25, -0.2) is 4.98 Å². The van der Waals surface area contributed by atoms with E-state index >= 15 is 0 Å². The topological polar surface area (TPSA) is 74.8 Å². The van der Waals surface area contributed by atoms with Gasteiger partial charge in [0.05, 0.1) is 30.6 Å². The molecule has 1 unspecified atom stereocenters. The lowest BCUT2D eigenvalue weighted by molar-refractivity contribution is -0.122. The smallest absolute Gasteiger partial charge is 0.229 e. The molecule has 0 spiro atoms. The molecule has 152 valence electrons. The van der Waals surface area contributed by atoms with E-state index in [1.165, 1.54) is 12.8 Å². The number of ether oxygens (including phenoxy) is 1. The predicted octanol–water partition coefficient (Wildman–Crippen LogP) is 2.99. The van der Waals surface area contributed by atoms with Crippen LogP contribution in [0.3, 0.4) is 0 Å². The van der Waals surface area contributed by atoms with Crippen LogP contribution in [0.15, 0.2) is 36.5 Å². The highest BCUT2D eigenvalue weighted by Gasteiger charge is 2.36. The molecule has 4 rings (SSSR count). The molecule has 0 saturated carbocycles. The summed E-state index contributed by atoms with van der Waals surface area (Å²) < 4.78 is 5.40. The Morgan fingerprint density at radius 3 is 2.69 bits per heavy atom. The van der Waals surface area contributed by atoms with Crippen molar-refractivity contribution in [3.8, 4) is 5.75 Å². The molecule has 29 heavy (non-hydrogen) atoms. The molecule has 2 saturated heterocycles. The number of nitrogens with one attached hydrogen (secondary N) is 1. The SMILES string of the molecule is COc1ccc(C)cc1N1CC(C(=O)Nc2ccc(N3CCCC3)nc2)CC1=O. The molecule has 1 N–H and O–H groups in total. The zero-order valence-corrected chi connectivity index (χ0v) is 16.9. The number of benzene rings is 1. The molecule has 0 bridgehead atoms. The van der Waals surface area contributed by atoms with Crippen LogP contribution >= 0.6 is 0 Å². The van der Waals surface area contributed by atoms with Crippen molar-refractivity contribution in [3.05, 3.63) is 42.1 Å². The van der Waals surface area contributed by atoms with E-state index in [1.54, 1.807) is 18.2 Å². The van der Waals surface area contributed by atoms with Crippen LogP contribution in [0.25, 0.3) is 0 Å². The number of anilines is 3. The number of nitrogens with zero attached hydrogens (tertiary/aromatic N) is 3. The van der Waals surface area contributed by atoms with Crippen LogP contribution in [0, 0.1) is 12.8 Å². The molecule has 7 heteroatoms. The molecule has 2 amide bonds. The number of hydrogen-bond donors (Lipinski definition) is 1. The average molecular weight is 394 g/mol. The van der Waals surface area contributed by atoms with Crippen LogP contribution in [-0.4, -0.2) is 43.5 Å². The van der Waals surface area contributed by atoms with E-state index < -0.39 is 5.92 Å². The Hall–Kier alpha value is -3.09. The third-order valence-electron chi connectivity index (χ3n) is 5.57. The summed E-state index contributed by atoms with van der Waals surface area (Å²) in [5.74, 6) is 0.923. The van der Waals surface area contributed by atoms with Gasteiger partial charge in [-0.2, -0.15) is 0 Å². The Bertz CT molecular complexity index is 907. The summed E-state index contributed by atoms with van der Waals surface area (Å²) in [5, 5.41) is 2.90. The number of carbonyl (C=O) groups is 2. The Balaban J connectivity index is 1.42. The standard InChI is InChI=1S/C22H26N4O3/c1-15-5-7-19(29-2)18(11-15)26-14-16(12-21(26)27)22(28)24-17-6-8-20(23-13-17)25-9-3-4-10-25/h5-8,11,13,16H,3-4,9-10,12,14H2,1-2H3,(H,24,28). The first-order valence-electron chi connectivity index (χ1n) is 10.0. The third kappa shape index (κ3) is 4.04. The minimum atomic E-state index is -0.411. The molecule has 1 aromatic carbocycles. The minimum Gasteiger partial charge on any atom is -0.495 e. The normalized spacial score (nSPS) is 19.0. The Morgan fingerprint density at radius 2 is 2.00 bits per heavy atom. The van der Waals surface area contributed by atoms with Crippen LogP contribution < -0.4 is 19.9 Å². The summed E-state index contributed by atoms with van der Waals surface area (Å²) in [6, 6.07) is 9.50. The lowest BCUT2D eigenvalue weighted by Gasteiger charge is -2.20. The van der Waals surface area contributed by atoms with Crippen molar-refractivity contribution in [2.45, 2.75) is 26.2 Å². The van der Waals surface area contributed by atoms with Crippen LogP contribution in [-0.2, 0) is 9.59 Å². The second-order valence-electron chi connectivity index (χ2n) is 7.67. The van der Waals surface area contributed by atoms with Gasteiger partial charge in [0.15, 0.2) is 0 Å². The average Bonchev–Trinajstić information content (AvgIpc) is 3.38. The van der Waals surface area contributed by atoms with Crippen molar-refractivity contribution in [1.29, 1.82) is 0 Å². The maximum absolute atomic E-state index is 12.7. The zero-order valence-electron chi connectivity index (χ0n) is 16.9. The number of aryl methyl sites for hydroxylation is 1. The lowest BCUT2D eigenvalue weighted by atomic mass is 10.1. The lowest BCUT2D eigenvalue weighted by Crippen LogP contribution is -2.28. The second kappa shape index (κ2) is 8.11. The summed E-state index contributed by atoms with van der Waals surface area (Å²) in [6.45, 7) is 4.36. The van der Waals surface area contributed by atoms with E-state index in [1.807, 2.05) is 37.3 Å². The highest BCUT2D eigenvalue weighted by molar-refractivity contribution is 6.04. The first-order chi connectivity index (χ1) is 14.0. The summed E-state index contributed by atoms with van der Waals surface area (Å²) >= 11 is 0. The van der Waals surface area contributed by atoms with Crippen molar-refractivity contribution < 1.29 is 14.3 Å². The Morgan fingerprint density at radius 1 is 1.21 bits per heavy atom. The van der Waals surface area contributed by atoms with Crippen molar-refractivity contribution >= 4 is 29.0 Å². The highest BCUT2D eigenvalue weighted by Crippen LogP contribution is 2.34. The molecule has 0 aliphatic carbocycles. The first kappa shape index (κ1) is 19.2. The predicted molar refractivity (Wildman–Crippen MR) is 113 cm³/mol. The summed E-state index contributed by atoms with van der Waals surface area (Å²) in [4.78, 5) is 33.7. The largest absolute Gasteiger partial charge is 0.495 e. The van der Waals surface area contributed by atoms with Gasteiger partial charge in [0.1, 0.15) is 11.6 Å². The molecule has 3 heterocycles. The fraction of sp³-hybridized carbons (Fsp3) is 0.409.